The lowest BCUT2D eigenvalue weighted by molar-refractivity contribution is 0.820. The lowest BCUT2D eigenvalue weighted by atomic mass is 10.3. The molecule has 0 spiro atoms. The normalized spacial score (nSPS) is 9.60. The van der Waals surface area contributed by atoms with E-state index in [4.69, 9.17) is 0 Å². The summed E-state index contributed by atoms with van der Waals surface area (Å²) in [5.74, 6) is 0.746. The molecule has 5 heavy (non-hydrogen) atoms. The fourth-order valence-electron chi connectivity index (χ4n) is 0. The van der Waals surface area contributed by atoms with E-state index in [1.807, 2.05) is 0 Å². The standard InChI is InChI=1S/C4H8I/c1-4(2)3-5/h3-4H,1-2H3. The van der Waals surface area contributed by atoms with Gasteiger partial charge in [0.05, 0.1) is 0 Å². The van der Waals surface area contributed by atoms with Gasteiger partial charge in [0, 0.05) is 4.43 Å². The topological polar surface area (TPSA) is 0 Å². The Morgan fingerprint density at radius 1 is 1.60 bits per heavy atom. The van der Waals surface area contributed by atoms with E-state index in [1.54, 1.807) is 0 Å². The van der Waals surface area contributed by atoms with Gasteiger partial charge in [0.25, 0.3) is 0 Å². The highest BCUT2D eigenvalue weighted by atomic mass is 127. The van der Waals surface area contributed by atoms with Gasteiger partial charge >= 0.3 is 0 Å². The van der Waals surface area contributed by atoms with Crippen LogP contribution in [0.2, 0.25) is 0 Å². The van der Waals surface area contributed by atoms with Crippen LogP contribution in [0.25, 0.3) is 0 Å². The van der Waals surface area contributed by atoms with E-state index in [2.05, 4.69) is 40.9 Å². The minimum absolute atomic E-state index is 0.746. The fourth-order valence-corrected chi connectivity index (χ4v) is 0. The number of hydrogen-bond donors (Lipinski definition) is 0. The van der Waals surface area contributed by atoms with Crippen molar-refractivity contribution < 1.29 is 0 Å². The van der Waals surface area contributed by atoms with E-state index in [0.717, 1.165) is 5.92 Å². The summed E-state index contributed by atoms with van der Waals surface area (Å²) in [6, 6.07) is 0. The molecule has 0 bridgehead atoms. The minimum Gasteiger partial charge on any atom is -0.0812 e. The van der Waals surface area contributed by atoms with Gasteiger partial charge in [-0.05, 0) is 5.92 Å². The van der Waals surface area contributed by atoms with Crippen LogP contribution in [0.3, 0.4) is 0 Å². The Balaban J connectivity index is 2.54. The molecule has 0 fully saturated rings. The fraction of sp³-hybridized carbons (Fsp3) is 0.750. The average molecular weight is 183 g/mol. The van der Waals surface area contributed by atoms with Gasteiger partial charge in [0.1, 0.15) is 0 Å². The van der Waals surface area contributed by atoms with Crippen LogP contribution in [-0.4, -0.2) is 0 Å². The van der Waals surface area contributed by atoms with Crippen molar-refractivity contribution >= 4 is 22.6 Å². The third kappa shape index (κ3) is 4.73. The Kier molecular flexibility index (Phi) is 3.37. The summed E-state index contributed by atoms with van der Waals surface area (Å²) in [6.45, 7) is 4.32. The summed E-state index contributed by atoms with van der Waals surface area (Å²) >= 11 is 2.25. The predicted molar refractivity (Wildman–Crippen MR) is 33.2 cm³/mol. The molecule has 0 aromatic rings. The van der Waals surface area contributed by atoms with E-state index < -0.39 is 0 Å². The van der Waals surface area contributed by atoms with Crippen molar-refractivity contribution in [3.05, 3.63) is 4.43 Å². The molecule has 0 atom stereocenters. The molecule has 0 aromatic heterocycles. The highest BCUT2D eigenvalue weighted by Crippen LogP contribution is 2.02. The zero-order valence-electron chi connectivity index (χ0n) is 3.53. The van der Waals surface area contributed by atoms with Crippen LogP contribution in [0.4, 0.5) is 0 Å². The van der Waals surface area contributed by atoms with Gasteiger partial charge in [0.15, 0.2) is 0 Å². The van der Waals surface area contributed by atoms with E-state index in [-0.39, 0.29) is 0 Å². The Hall–Kier alpha value is 0.730. The Bertz CT molecular complexity index is 17.6. The van der Waals surface area contributed by atoms with Gasteiger partial charge in [-0.3, -0.25) is 0 Å². The van der Waals surface area contributed by atoms with E-state index in [1.165, 1.54) is 0 Å². The van der Waals surface area contributed by atoms with Crippen LogP contribution < -0.4 is 0 Å². The first-order chi connectivity index (χ1) is 2.27. The lowest BCUT2D eigenvalue weighted by Crippen LogP contribution is -1.75. The molecular weight excluding hydrogens is 175 g/mol. The molecule has 0 amide bonds. The van der Waals surface area contributed by atoms with Crippen molar-refractivity contribution in [1.29, 1.82) is 0 Å². The van der Waals surface area contributed by atoms with E-state index >= 15 is 0 Å². The largest absolute Gasteiger partial charge is 0.0812 e. The van der Waals surface area contributed by atoms with Crippen LogP contribution in [0.5, 0.6) is 0 Å². The molecule has 0 nitrogen and oxygen atoms in total. The second-order valence-corrected chi connectivity index (χ2v) is 2.09. The van der Waals surface area contributed by atoms with Gasteiger partial charge in [-0.25, -0.2) is 0 Å². The highest BCUT2D eigenvalue weighted by Gasteiger charge is 1.82. The Morgan fingerprint density at radius 2 is 1.80 bits per heavy atom. The SMILES string of the molecule is CC(C)[CH]I. The van der Waals surface area contributed by atoms with Crippen molar-refractivity contribution in [2.75, 3.05) is 0 Å². The molecule has 0 rings (SSSR count). The van der Waals surface area contributed by atoms with Crippen LogP contribution in [0, 0.1) is 10.3 Å². The molecule has 0 N–H and O–H groups in total. The second kappa shape index (κ2) is 2.94. The van der Waals surface area contributed by atoms with Crippen molar-refractivity contribution in [1.82, 2.24) is 0 Å². The van der Waals surface area contributed by atoms with Gasteiger partial charge in [0.2, 0.25) is 0 Å². The summed E-state index contributed by atoms with van der Waals surface area (Å²) in [5, 5.41) is 0. The molecule has 0 saturated carbocycles. The zero-order chi connectivity index (χ0) is 4.28. The molecule has 31 valence electrons. The zero-order valence-corrected chi connectivity index (χ0v) is 5.69. The van der Waals surface area contributed by atoms with Crippen molar-refractivity contribution in [3.8, 4) is 0 Å². The van der Waals surface area contributed by atoms with Gasteiger partial charge in [-0.2, -0.15) is 0 Å². The van der Waals surface area contributed by atoms with Crippen molar-refractivity contribution in [2.24, 2.45) is 5.92 Å². The van der Waals surface area contributed by atoms with Crippen LogP contribution in [0.15, 0.2) is 0 Å². The molecular formula is C4H8I. The first-order valence-corrected chi connectivity index (χ1v) is 2.95. The predicted octanol–water partition coefficient (Wildman–Crippen LogP) is 2.24. The van der Waals surface area contributed by atoms with Crippen LogP contribution >= 0.6 is 22.6 Å². The summed E-state index contributed by atoms with van der Waals surface area (Å²) in [4.78, 5) is 0. The van der Waals surface area contributed by atoms with Crippen LogP contribution in [-0.2, 0) is 0 Å². The van der Waals surface area contributed by atoms with Gasteiger partial charge < -0.3 is 0 Å². The highest BCUT2D eigenvalue weighted by molar-refractivity contribution is 14.1. The molecule has 0 aliphatic rings. The summed E-state index contributed by atoms with van der Waals surface area (Å²) in [6.07, 6.45) is 0. The quantitative estimate of drug-likeness (QED) is 0.547. The number of halogens is 1. The lowest BCUT2D eigenvalue weighted by Gasteiger charge is -1.88. The molecule has 0 aliphatic heterocycles. The number of rotatable bonds is 1. The van der Waals surface area contributed by atoms with Crippen LogP contribution in [0.1, 0.15) is 13.8 Å². The maximum Gasteiger partial charge on any atom is 0.0253 e. The monoisotopic (exact) mass is 183 g/mol. The molecule has 0 saturated heterocycles. The van der Waals surface area contributed by atoms with Gasteiger partial charge in [-0.1, -0.05) is 36.4 Å². The minimum atomic E-state index is 0.746. The molecule has 0 aromatic carbocycles. The molecule has 0 heterocycles. The number of hydrogen-bond acceptors (Lipinski definition) is 0. The van der Waals surface area contributed by atoms with E-state index in [0.29, 0.717) is 0 Å². The summed E-state index contributed by atoms with van der Waals surface area (Å²) in [5.41, 5.74) is 0. The molecule has 0 aliphatic carbocycles. The van der Waals surface area contributed by atoms with Gasteiger partial charge in [-0.15, -0.1) is 0 Å². The molecule has 1 radical (unpaired) electrons. The van der Waals surface area contributed by atoms with E-state index in [9.17, 15) is 0 Å². The molecule has 0 unspecified atom stereocenters. The summed E-state index contributed by atoms with van der Waals surface area (Å²) in [7, 11) is 0. The average Bonchev–Trinajstić information content (AvgIpc) is 1.38. The van der Waals surface area contributed by atoms with Crippen molar-refractivity contribution in [2.45, 2.75) is 13.8 Å². The summed E-state index contributed by atoms with van der Waals surface area (Å²) < 4.78 is 2.14. The maximum atomic E-state index is 2.25. The Morgan fingerprint density at radius 3 is 1.80 bits per heavy atom. The smallest absolute Gasteiger partial charge is 0.0253 e. The van der Waals surface area contributed by atoms with Crippen molar-refractivity contribution in [3.63, 3.8) is 0 Å². The molecule has 1 heteroatoms. The maximum absolute atomic E-state index is 2.25. The first kappa shape index (κ1) is 5.73. The third-order valence-corrected chi connectivity index (χ3v) is 1.69. The third-order valence-electron chi connectivity index (χ3n) is 0.252. The second-order valence-electron chi connectivity index (χ2n) is 1.37. The first-order valence-electron chi connectivity index (χ1n) is 1.71. The Labute approximate surface area is 47.1 Å².